The molecule has 1 aliphatic carbocycles. The molecule has 0 radical (unpaired) electrons. The molecule has 1 atom stereocenters. The average molecular weight is 304 g/mol. The maximum absolute atomic E-state index is 11.8. The lowest BCUT2D eigenvalue weighted by Crippen LogP contribution is -2.40. The van der Waals surface area contributed by atoms with Crippen LogP contribution in [0, 0.1) is 5.92 Å². The topological polar surface area (TPSA) is 59.6 Å². The van der Waals surface area contributed by atoms with E-state index < -0.39 is 0 Å². The lowest BCUT2D eigenvalue weighted by molar-refractivity contribution is -0.123. The molecule has 0 fully saturated rings. The van der Waals surface area contributed by atoms with Crippen molar-refractivity contribution in [2.24, 2.45) is 5.92 Å². The molecule has 1 amide bonds. The van der Waals surface area contributed by atoms with Gasteiger partial charge >= 0.3 is 0 Å². The second-order valence-corrected chi connectivity index (χ2v) is 5.39. The fraction of sp³-hybridized carbons (Fsp3) is 0.471. The number of allylic oxidation sites excluding steroid dienone is 2. The van der Waals surface area contributed by atoms with E-state index in [1.165, 1.54) is 12.8 Å². The van der Waals surface area contributed by atoms with Gasteiger partial charge in [-0.15, -0.1) is 0 Å². The van der Waals surface area contributed by atoms with Crippen molar-refractivity contribution in [2.75, 3.05) is 13.7 Å². The third kappa shape index (κ3) is 4.69. The van der Waals surface area contributed by atoms with Gasteiger partial charge in [0.1, 0.15) is 0 Å². The second-order valence-electron chi connectivity index (χ2n) is 5.39. The van der Waals surface area contributed by atoms with Crippen LogP contribution < -0.4 is 20.3 Å². The summed E-state index contributed by atoms with van der Waals surface area (Å²) in [5.74, 6) is 1.73. The van der Waals surface area contributed by atoms with Crippen LogP contribution in [0.1, 0.15) is 32.6 Å². The van der Waals surface area contributed by atoms with Gasteiger partial charge in [0, 0.05) is 5.70 Å². The van der Waals surface area contributed by atoms with Crippen LogP contribution >= 0.6 is 0 Å². The molecule has 1 aromatic rings. The second kappa shape index (κ2) is 8.32. The van der Waals surface area contributed by atoms with Crippen molar-refractivity contribution >= 4 is 5.91 Å². The zero-order valence-electron chi connectivity index (χ0n) is 13.2. The van der Waals surface area contributed by atoms with E-state index in [0.717, 1.165) is 24.5 Å². The lowest BCUT2D eigenvalue weighted by atomic mass is 9.91. The maximum Gasteiger partial charge on any atom is 0.276 e. The Balaban J connectivity index is 1.73. The average Bonchev–Trinajstić information content (AvgIpc) is 2.58. The Morgan fingerprint density at radius 3 is 2.73 bits per heavy atom. The summed E-state index contributed by atoms with van der Waals surface area (Å²) in [6.45, 7) is 2.16. The Kier molecular flexibility index (Phi) is 6.13. The molecule has 0 unspecified atom stereocenters. The summed E-state index contributed by atoms with van der Waals surface area (Å²) in [5, 5.41) is 0. The molecule has 5 nitrogen and oxygen atoms in total. The Morgan fingerprint density at radius 2 is 2.09 bits per heavy atom. The SMILES string of the molecule is CC[C@@H]1CC=C(NNC(=O)COc2ccccc2OC)CC1. The monoisotopic (exact) mass is 304 g/mol. The number of nitrogens with one attached hydrogen (secondary N) is 2. The van der Waals surface area contributed by atoms with Crippen LogP contribution in [0.25, 0.3) is 0 Å². The molecule has 0 saturated heterocycles. The van der Waals surface area contributed by atoms with Crippen molar-refractivity contribution < 1.29 is 14.3 Å². The highest BCUT2D eigenvalue weighted by Crippen LogP contribution is 2.25. The quantitative estimate of drug-likeness (QED) is 0.761. The van der Waals surface area contributed by atoms with E-state index in [1.54, 1.807) is 19.2 Å². The molecule has 2 rings (SSSR count). The van der Waals surface area contributed by atoms with E-state index in [4.69, 9.17) is 9.47 Å². The highest BCUT2D eigenvalue weighted by Gasteiger charge is 2.13. The maximum atomic E-state index is 11.8. The van der Waals surface area contributed by atoms with Crippen LogP contribution in [0.3, 0.4) is 0 Å². The third-order valence-corrected chi connectivity index (χ3v) is 3.89. The third-order valence-electron chi connectivity index (χ3n) is 3.89. The first-order valence-corrected chi connectivity index (χ1v) is 7.72. The van der Waals surface area contributed by atoms with Crippen LogP contribution in [-0.2, 0) is 4.79 Å². The molecule has 22 heavy (non-hydrogen) atoms. The van der Waals surface area contributed by atoms with Crippen LogP contribution in [0.2, 0.25) is 0 Å². The largest absolute Gasteiger partial charge is 0.493 e. The van der Waals surface area contributed by atoms with Crippen LogP contribution in [0.4, 0.5) is 0 Å². The zero-order valence-corrected chi connectivity index (χ0v) is 13.2. The van der Waals surface area contributed by atoms with Gasteiger partial charge in [-0.2, -0.15) is 0 Å². The molecule has 0 saturated carbocycles. The fourth-order valence-electron chi connectivity index (χ4n) is 2.44. The van der Waals surface area contributed by atoms with Gasteiger partial charge in [0.2, 0.25) is 0 Å². The Morgan fingerprint density at radius 1 is 1.32 bits per heavy atom. The van der Waals surface area contributed by atoms with E-state index >= 15 is 0 Å². The first kappa shape index (κ1) is 16.2. The minimum Gasteiger partial charge on any atom is -0.493 e. The summed E-state index contributed by atoms with van der Waals surface area (Å²) in [6, 6.07) is 7.26. The predicted molar refractivity (Wildman–Crippen MR) is 85.5 cm³/mol. The normalized spacial score (nSPS) is 17.4. The molecule has 0 bridgehead atoms. The lowest BCUT2D eigenvalue weighted by Gasteiger charge is -2.21. The molecule has 0 heterocycles. The van der Waals surface area contributed by atoms with Crippen molar-refractivity contribution in [1.29, 1.82) is 0 Å². The molecule has 120 valence electrons. The molecule has 1 aromatic carbocycles. The van der Waals surface area contributed by atoms with Gasteiger partial charge in [-0.05, 0) is 37.3 Å². The number of methoxy groups -OCH3 is 1. The summed E-state index contributed by atoms with van der Waals surface area (Å²) in [5.41, 5.74) is 6.73. The molecule has 1 aliphatic rings. The van der Waals surface area contributed by atoms with Gasteiger partial charge < -0.3 is 14.9 Å². The van der Waals surface area contributed by atoms with Crippen molar-refractivity contribution in [3.05, 3.63) is 36.0 Å². The van der Waals surface area contributed by atoms with E-state index in [2.05, 4.69) is 23.9 Å². The number of hydrazine groups is 1. The minimum atomic E-state index is -0.218. The summed E-state index contributed by atoms with van der Waals surface area (Å²) in [7, 11) is 1.57. The standard InChI is InChI=1S/C17H24N2O3/c1-3-13-8-10-14(11-9-13)18-19-17(20)12-22-16-7-5-4-6-15(16)21-2/h4-7,10,13,18H,3,8-9,11-12H2,1-2H3,(H,19,20)/t13-/m1/s1. The molecule has 2 N–H and O–H groups in total. The molecule has 0 spiro atoms. The van der Waals surface area contributed by atoms with Crippen molar-refractivity contribution in [3.8, 4) is 11.5 Å². The summed E-state index contributed by atoms with van der Waals surface area (Å²) in [4.78, 5) is 11.8. The summed E-state index contributed by atoms with van der Waals surface area (Å²) < 4.78 is 10.6. The van der Waals surface area contributed by atoms with Gasteiger partial charge in [0.25, 0.3) is 5.91 Å². The van der Waals surface area contributed by atoms with Crippen molar-refractivity contribution in [2.45, 2.75) is 32.6 Å². The number of amides is 1. The number of carbonyl (C=O) groups is 1. The Bertz CT molecular complexity index is 528. The molecule has 0 aliphatic heterocycles. The molecule has 5 heteroatoms. The molecule has 0 aromatic heterocycles. The summed E-state index contributed by atoms with van der Waals surface area (Å²) >= 11 is 0. The number of para-hydroxylation sites is 2. The van der Waals surface area contributed by atoms with Gasteiger partial charge in [-0.1, -0.05) is 31.6 Å². The smallest absolute Gasteiger partial charge is 0.276 e. The van der Waals surface area contributed by atoms with Gasteiger partial charge in [-0.25, -0.2) is 0 Å². The number of carbonyl (C=O) groups excluding carboxylic acids is 1. The minimum absolute atomic E-state index is 0.0573. The Hall–Kier alpha value is -2.17. The number of benzene rings is 1. The molecular weight excluding hydrogens is 280 g/mol. The highest BCUT2D eigenvalue weighted by atomic mass is 16.5. The first-order chi connectivity index (χ1) is 10.7. The van der Waals surface area contributed by atoms with E-state index in [9.17, 15) is 4.79 Å². The van der Waals surface area contributed by atoms with Crippen molar-refractivity contribution in [3.63, 3.8) is 0 Å². The van der Waals surface area contributed by atoms with Gasteiger partial charge in [-0.3, -0.25) is 10.2 Å². The number of hydrogen-bond donors (Lipinski definition) is 2. The number of ether oxygens (including phenoxy) is 2. The van der Waals surface area contributed by atoms with E-state index in [1.807, 2.05) is 12.1 Å². The Labute approximate surface area is 131 Å². The summed E-state index contributed by atoms with van der Waals surface area (Å²) in [6.07, 6.45) is 6.60. The zero-order chi connectivity index (χ0) is 15.8. The van der Waals surface area contributed by atoms with Gasteiger partial charge in [0.05, 0.1) is 7.11 Å². The van der Waals surface area contributed by atoms with Crippen LogP contribution in [0.15, 0.2) is 36.0 Å². The first-order valence-electron chi connectivity index (χ1n) is 7.72. The predicted octanol–water partition coefficient (Wildman–Crippen LogP) is 2.79. The van der Waals surface area contributed by atoms with Crippen molar-refractivity contribution in [1.82, 2.24) is 10.9 Å². The van der Waals surface area contributed by atoms with Gasteiger partial charge in [0.15, 0.2) is 18.1 Å². The van der Waals surface area contributed by atoms with E-state index in [-0.39, 0.29) is 12.5 Å². The van der Waals surface area contributed by atoms with Crippen LogP contribution in [-0.4, -0.2) is 19.6 Å². The fourth-order valence-corrected chi connectivity index (χ4v) is 2.44. The number of hydrogen-bond acceptors (Lipinski definition) is 4. The number of rotatable bonds is 7. The highest BCUT2D eigenvalue weighted by molar-refractivity contribution is 5.77. The van der Waals surface area contributed by atoms with Crippen LogP contribution in [0.5, 0.6) is 11.5 Å². The van der Waals surface area contributed by atoms with E-state index in [0.29, 0.717) is 11.5 Å². The molecular formula is C17H24N2O3.